The lowest BCUT2D eigenvalue weighted by atomic mass is 10.1. The zero-order valence-corrected chi connectivity index (χ0v) is 14.3. The van der Waals surface area contributed by atoms with Gasteiger partial charge in [-0.2, -0.15) is 0 Å². The van der Waals surface area contributed by atoms with Crippen LogP contribution < -0.4 is 0 Å². The summed E-state index contributed by atoms with van der Waals surface area (Å²) in [6.07, 6.45) is 0. The first kappa shape index (κ1) is 17.2. The smallest absolute Gasteiger partial charge is 0.358 e. The van der Waals surface area contributed by atoms with Gasteiger partial charge < -0.3 is 4.74 Å². The standard InChI is InChI=1S/C14H17BrFNO2S/c1-5-19-13(18)12(17-20-14(2,3)4)10-8-9(15)6-7-11(10)16/h6-8H,5H2,1-4H3/b17-12-. The van der Waals surface area contributed by atoms with Crippen molar-refractivity contribution in [2.24, 2.45) is 4.40 Å². The Hall–Kier alpha value is -0.880. The van der Waals surface area contributed by atoms with Crippen LogP contribution in [0.15, 0.2) is 27.1 Å². The van der Waals surface area contributed by atoms with E-state index in [1.807, 2.05) is 20.8 Å². The minimum atomic E-state index is -0.624. The molecule has 0 aliphatic carbocycles. The molecule has 1 aromatic rings. The molecule has 0 bridgehead atoms. The fourth-order valence-corrected chi connectivity index (χ4v) is 2.16. The van der Waals surface area contributed by atoms with Crippen LogP contribution in [0.5, 0.6) is 0 Å². The number of ether oxygens (including phenoxy) is 1. The number of carbonyl (C=O) groups excluding carboxylic acids is 1. The van der Waals surface area contributed by atoms with Gasteiger partial charge in [-0.15, -0.1) is 0 Å². The number of hydrogen-bond acceptors (Lipinski definition) is 4. The second-order valence-electron chi connectivity index (χ2n) is 4.99. The lowest BCUT2D eigenvalue weighted by molar-refractivity contribution is -0.134. The summed E-state index contributed by atoms with van der Waals surface area (Å²) >= 11 is 4.47. The molecule has 1 aromatic carbocycles. The molecule has 0 aliphatic heterocycles. The van der Waals surface area contributed by atoms with E-state index in [1.165, 1.54) is 24.1 Å². The van der Waals surface area contributed by atoms with Crippen LogP contribution in [-0.2, 0) is 9.53 Å². The van der Waals surface area contributed by atoms with Crippen LogP contribution in [0.4, 0.5) is 4.39 Å². The molecule has 110 valence electrons. The van der Waals surface area contributed by atoms with E-state index in [4.69, 9.17) is 4.74 Å². The Morgan fingerprint density at radius 1 is 1.45 bits per heavy atom. The van der Waals surface area contributed by atoms with E-state index in [-0.39, 0.29) is 22.6 Å². The highest BCUT2D eigenvalue weighted by Gasteiger charge is 2.21. The number of rotatable bonds is 4. The Morgan fingerprint density at radius 3 is 2.65 bits per heavy atom. The zero-order chi connectivity index (χ0) is 15.3. The fourth-order valence-electron chi connectivity index (χ4n) is 1.26. The molecule has 0 aromatic heterocycles. The monoisotopic (exact) mass is 361 g/mol. The summed E-state index contributed by atoms with van der Waals surface area (Å²) in [5.74, 6) is -1.13. The van der Waals surface area contributed by atoms with E-state index in [1.54, 1.807) is 13.0 Å². The lowest BCUT2D eigenvalue weighted by Gasteiger charge is -2.14. The van der Waals surface area contributed by atoms with Crippen LogP contribution in [-0.4, -0.2) is 23.0 Å². The van der Waals surface area contributed by atoms with Crippen LogP contribution in [0.1, 0.15) is 33.3 Å². The van der Waals surface area contributed by atoms with Crippen LogP contribution in [0, 0.1) is 5.82 Å². The molecule has 3 nitrogen and oxygen atoms in total. The van der Waals surface area contributed by atoms with E-state index >= 15 is 0 Å². The maximum Gasteiger partial charge on any atom is 0.358 e. The first-order valence-electron chi connectivity index (χ1n) is 6.13. The Kier molecular flexibility index (Phi) is 6.20. The highest BCUT2D eigenvalue weighted by molar-refractivity contribution is 9.10. The topological polar surface area (TPSA) is 38.7 Å². The summed E-state index contributed by atoms with van der Waals surface area (Å²) < 4.78 is 23.6. The third-order valence-corrected chi connectivity index (χ3v) is 3.38. The average molecular weight is 362 g/mol. The van der Waals surface area contributed by atoms with Gasteiger partial charge in [0.15, 0.2) is 5.71 Å². The number of carbonyl (C=O) groups is 1. The van der Waals surface area contributed by atoms with Crippen molar-refractivity contribution < 1.29 is 13.9 Å². The molecule has 0 aliphatic rings. The van der Waals surface area contributed by atoms with E-state index in [0.717, 1.165) is 0 Å². The molecule has 20 heavy (non-hydrogen) atoms. The van der Waals surface area contributed by atoms with Crippen molar-refractivity contribution in [3.63, 3.8) is 0 Å². The maximum atomic E-state index is 13.9. The van der Waals surface area contributed by atoms with Gasteiger partial charge in [0.2, 0.25) is 0 Å². The molecule has 0 amide bonds. The molecule has 0 spiro atoms. The van der Waals surface area contributed by atoms with E-state index in [0.29, 0.717) is 4.47 Å². The number of benzene rings is 1. The predicted octanol–water partition coefficient (Wildman–Crippen LogP) is 4.39. The summed E-state index contributed by atoms with van der Waals surface area (Å²) in [5.41, 5.74) is 0.125. The molecule has 0 radical (unpaired) electrons. The van der Waals surface area contributed by atoms with Gasteiger partial charge >= 0.3 is 5.97 Å². The number of hydrogen-bond donors (Lipinski definition) is 0. The number of nitrogens with zero attached hydrogens (tertiary/aromatic N) is 1. The van der Waals surface area contributed by atoms with E-state index in [2.05, 4.69) is 20.3 Å². The number of esters is 1. The second kappa shape index (κ2) is 7.22. The molecule has 1 rings (SSSR count). The van der Waals surface area contributed by atoms with Crippen LogP contribution in [0.25, 0.3) is 0 Å². The highest BCUT2D eigenvalue weighted by atomic mass is 79.9. The highest BCUT2D eigenvalue weighted by Crippen LogP contribution is 2.26. The first-order chi connectivity index (χ1) is 9.24. The Morgan fingerprint density at radius 2 is 2.10 bits per heavy atom. The largest absolute Gasteiger partial charge is 0.461 e. The first-order valence-corrected chi connectivity index (χ1v) is 7.70. The molecule has 0 heterocycles. The van der Waals surface area contributed by atoms with Crippen LogP contribution >= 0.6 is 27.9 Å². The Bertz CT molecular complexity index is 526. The van der Waals surface area contributed by atoms with Crippen molar-refractivity contribution in [1.82, 2.24) is 0 Å². The summed E-state index contributed by atoms with van der Waals surface area (Å²) in [5, 5.41) is 0. The van der Waals surface area contributed by atoms with Gasteiger partial charge in [0.1, 0.15) is 5.82 Å². The Labute approximate surface area is 131 Å². The molecule has 6 heteroatoms. The fraction of sp³-hybridized carbons (Fsp3) is 0.429. The van der Waals surface area contributed by atoms with Gasteiger partial charge in [0, 0.05) is 14.8 Å². The normalized spacial score (nSPS) is 12.4. The van der Waals surface area contributed by atoms with Gasteiger partial charge in [-0.3, -0.25) is 0 Å². The van der Waals surface area contributed by atoms with Gasteiger partial charge in [-0.1, -0.05) is 15.9 Å². The minimum Gasteiger partial charge on any atom is -0.461 e. The zero-order valence-electron chi connectivity index (χ0n) is 11.9. The van der Waals surface area contributed by atoms with Crippen LogP contribution in [0.3, 0.4) is 0 Å². The molecule has 0 N–H and O–H groups in total. The SMILES string of the molecule is CCOC(=O)/C(=N\SC(C)(C)C)c1cc(Br)ccc1F. The summed E-state index contributed by atoms with van der Waals surface area (Å²) in [4.78, 5) is 12.0. The molecule has 0 unspecified atom stereocenters. The second-order valence-corrected chi connectivity index (χ2v) is 7.49. The van der Waals surface area contributed by atoms with Crippen molar-refractivity contribution in [1.29, 1.82) is 0 Å². The predicted molar refractivity (Wildman–Crippen MR) is 84.6 cm³/mol. The molecular formula is C14H17BrFNO2S. The molecular weight excluding hydrogens is 345 g/mol. The lowest BCUT2D eigenvalue weighted by Crippen LogP contribution is -2.20. The van der Waals surface area contributed by atoms with Gasteiger partial charge in [-0.05, 0) is 57.8 Å². The minimum absolute atomic E-state index is 0.00873. The van der Waals surface area contributed by atoms with E-state index < -0.39 is 11.8 Å². The molecule has 0 atom stereocenters. The number of halogens is 2. The van der Waals surface area contributed by atoms with Gasteiger partial charge in [-0.25, -0.2) is 13.6 Å². The quantitative estimate of drug-likeness (QED) is 0.453. The third kappa shape index (κ3) is 5.25. The van der Waals surface area contributed by atoms with Crippen molar-refractivity contribution >= 4 is 39.6 Å². The average Bonchev–Trinajstić information content (AvgIpc) is 2.32. The van der Waals surface area contributed by atoms with Crippen LogP contribution in [0.2, 0.25) is 0 Å². The Balaban J connectivity index is 3.23. The third-order valence-electron chi connectivity index (χ3n) is 2.06. The van der Waals surface area contributed by atoms with Crippen molar-refractivity contribution in [2.75, 3.05) is 6.61 Å². The van der Waals surface area contributed by atoms with Crippen molar-refractivity contribution in [3.05, 3.63) is 34.1 Å². The summed E-state index contributed by atoms with van der Waals surface area (Å²) in [6, 6.07) is 4.38. The van der Waals surface area contributed by atoms with Gasteiger partial charge in [0.05, 0.1) is 6.61 Å². The molecule has 0 saturated heterocycles. The van der Waals surface area contributed by atoms with Gasteiger partial charge in [0.25, 0.3) is 0 Å². The molecule has 0 fully saturated rings. The van der Waals surface area contributed by atoms with Crippen molar-refractivity contribution in [2.45, 2.75) is 32.4 Å². The molecule has 0 saturated carbocycles. The summed E-state index contributed by atoms with van der Waals surface area (Å²) in [7, 11) is 0. The summed E-state index contributed by atoms with van der Waals surface area (Å²) in [6.45, 7) is 7.79. The van der Waals surface area contributed by atoms with Crippen molar-refractivity contribution in [3.8, 4) is 0 Å². The maximum absolute atomic E-state index is 13.9. The van der Waals surface area contributed by atoms with E-state index in [9.17, 15) is 9.18 Å².